The second kappa shape index (κ2) is 4.00. The van der Waals surface area contributed by atoms with Gasteiger partial charge in [-0.1, -0.05) is 12.1 Å². The Morgan fingerprint density at radius 1 is 1.12 bits per heavy atom. The molecule has 7 heteroatoms. The molecule has 1 aromatic heterocycles. The van der Waals surface area contributed by atoms with Crippen molar-refractivity contribution in [1.82, 2.24) is 15.4 Å². The maximum Gasteiger partial charge on any atom is 0.416 e. The predicted octanol–water partition coefficient (Wildman–Crippen LogP) is 2.30. The van der Waals surface area contributed by atoms with E-state index in [9.17, 15) is 18.0 Å². The van der Waals surface area contributed by atoms with Crippen LogP contribution in [0.4, 0.5) is 13.2 Å². The van der Waals surface area contributed by atoms with Gasteiger partial charge in [0.15, 0.2) is 12.0 Å². The molecule has 0 radical (unpaired) electrons. The number of alkyl halides is 3. The van der Waals surface area contributed by atoms with Gasteiger partial charge in [-0.3, -0.25) is 4.79 Å². The first kappa shape index (κ1) is 11.3. The molecule has 1 aromatic carbocycles. The lowest BCUT2D eigenvalue weighted by molar-refractivity contribution is -0.137. The highest BCUT2D eigenvalue weighted by Crippen LogP contribution is 2.30. The molecule has 0 saturated heterocycles. The number of benzene rings is 1. The molecule has 1 N–H and O–H groups in total. The van der Waals surface area contributed by atoms with E-state index in [0.29, 0.717) is 11.8 Å². The van der Waals surface area contributed by atoms with Crippen molar-refractivity contribution in [3.05, 3.63) is 35.5 Å². The van der Waals surface area contributed by atoms with Crippen molar-refractivity contribution in [3.63, 3.8) is 0 Å². The summed E-state index contributed by atoms with van der Waals surface area (Å²) < 4.78 is 37.0. The number of nitrogens with zero attached hydrogens (tertiary/aromatic N) is 2. The van der Waals surface area contributed by atoms with Crippen molar-refractivity contribution in [2.45, 2.75) is 6.18 Å². The number of halogens is 3. The second-order valence-corrected chi connectivity index (χ2v) is 3.25. The van der Waals surface area contributed by atoms with Gasteiger partial charge in [0.25, 0.3) is 0 Å². The minimum atomic E-state index is -4.38. The monoisotopic (exact) mass is 241 g/mol. The first-order valence-corrected chi connectivity index (χ1v) is 4.56. The van der Waals surface area contributed by atoms with Crippen LogP contribution in [0.5, 0.6) is 0 Å². The highest BCUT2D eigenvalue weighted by molar-refractivity contribution is 5.82. The molecular weight excluding hydrogens is 235 g/mol. The SMILES string of the molecule is O=Cc1n[nH]nc1-c1ccc(C(F)(F)F)cc1. The van der Waals surface area contributed by atoms with E-state index in [2.05, 4.69) is 15.4 Å². The highest BCUT2D eigenvalue weighted by atomic mass is 19.4. The topological polar surface area (TPSA) is 58.6 Å². The van der Waals surface area contributed by atoms with Crippen molar-refractivity contribution in [3.8, 4) is 11.3 Å². The summed E-state index contributed by atoms with van der Waals surface area (Å²) in [5.41, 5.74) is -0.0651. The van der Waals surface area contributed by atoms with Crippen LogP contribution in [-0.4, -0.2) is 21.7 Å². The summed E-state index contributed by atoms with van der Waals surface area (Å²) in [5.74, 6) is 0. The van der Waals surface area contributed by atoms with Crippen molar-refractivity contribution in [2.24, 2.45) is 0 Å². The van der Waals surface area contributed by atoms with Crippen LogP contribution in [-0.2, 0) is 6.18 Å². The third kappa shape index (κ3) is 2.17. The number of nitrogens with one attached hydrogen (secondary N) is 1. The number of carbonyl (C=O) groups is 1. The summed E-state index contributed by atoms with van der Waals surface area (Å²) in [7, 11) is 0. The minimum Gasteiger partial charge on any atom is -0.296 e. The van der Waals surface area contributed by atoms with Gasteiger partial charge in [-0.2, -0.15) is 28.6 Å². The van der Waals surface area contributed by atoms with Gasteiger partial charge < -0.3 is 0 Å². The third-order valence-corrected chi connectivity index (χ3v) is 2.17. The van der Waals surface area contributed by atoms with Crippen LogP contribution in [0, 0.1) is 0 Å². The van der Waals surface area contributed by atoms with Crippen molar-refractivity contribution >= 4 is 6.29 Å². The lowest BCUT2D eigenvalue weighted by Crippen LogP contribution is -2.04. The smallest absolute Gasteiger partial charge is 0.296 e. The number of aromatic amines is 1. The Hall–Kier alpha value is -2.18. The van der Waals surface area contributed by atoms with Crippen LogP contribution < -0.4 is 0 Å². The van der Waals surface area contributed by atoms with E-state index < -0.39 is 11.7 Å². The van der Waals surface area contributed by atoms with Gasteiger partial charge in [-0.25, -0.2) is 0 Å². The molecule has 0 spiro atoms. The van der Waals surface area contributed by atoms with Gasteiger partial charge in [-0.15, -0.1) is 0 Å². The largest absolute Gasteiger partial charge is 0.416 e. The van der Waals surface area contributed by atoms with E-state index in [0.717, 1.165) is 12.1 Å². The Morgan fingerprint density at radius 3 is 2.29 bits per heavy atom. The Labute approximate surface area is 93.5 Å². The lowest BCUT2D eigenvalue weighted by Gasteiger charge is -2.06. The summed E-state index contributed by atoms with van der Waals surface area (Å²) in [4.78, 5) is 10.6. The molecule has 0 aliphatic rings. The van der Waals surface area contributed by atoms with Crippen LogP contribution in [0.2, 0.25) is 0 Å². The number of aromatic nitrogens is 3. The first-order chi connectivity index (χ1) is 8.02. The summed E-state index contributed by atoms with van der Waals surface area (Å²) in [6, 6.07) is 4.35. The van der Waals surface area contributed by atoms with E-state index in [1.54, 1.807) is 0 Å². The molecule has 0 saturated carbocycles. The molecule has 0 unspecified atom stereocenters. The fraction of sp³-hybridized carbons (Fsp3) is 0.100. The Morgan fingerprint density at radius 2 is 1.76 bits per heavy atom. The fourth-order valence-corrected chi connectivity index (χ4v) is 1.35. The maximum atomic E-state index is 12.3. The number of hydrogen-bond acceptors (Lipinski definition) is 3. The molecule has 0 fully saturated rings. The third-order valence-electron chi connectivity index (χ3n) is 2.17. The number of hydrogen-bond donors (Lipinski definition) is 1. The van der Waals surface area contributed by atoms with Gasteiger partial charge in [0.2, 0.25) is 0 Å². The van der Waals surface area contributed by atoms with Gasteiger partial charge in [-0.05, 0) is 12.1 Å². The summed E-state index contributed by atoms with van der Waals surface area (Å²) in [5, 5.41) is 9.50. The molecule has 0 amide bonds. The van der Waals surface area contributed by atoms with E-state index in [4.69, 9.17) is 0 Å². The van der Waals surface area contributed by atoms with E-state index >= 15 is 0 Å². The van der Waals surface area contributed by atoms with Gasteiger partial charge >= 0.3 is 6.18 Å². The molecule has 88 valence electrons. The Balaban J connectivity index is 2.39. The molecule has 2 aromatic rings. The van der Waals surface area contributed by atoms with E-state index in [1.807, 2.05) is 0 Å². The van der Waals surface area contributed by atoms with Crippen molar-refractivity contribution in [1.29, 1.82) is 0 Å². The normalized spacial score (nSPS) is 11.5. The number of aldehydes is 1. The molecule has 1 heterocycles. The summed E-state index contributed by atoms with van der Waals surface area (Å²) in [6.07, 6.45) is -3.90. The molecule has 0 atom stereocenters. The molecule has 0 bridgehead atoms. The highest BCUT2D eigenvalue weighted by Gasteiger charge is 2.30. The molecule has 17 heavy (non-hydrogen) atoms. The van der Waals surface area contributed by atoms with Crippen molar-refractivity contribution < 1.29 is 18.0 Å². The standard InChI is InChI=1S/C10H6F3N3O/c11-10(12,13)7-3-1-6(2-4-7)9-8(5-17)14-16-15-9/h1-5H,(H,14,15,16). The molecular formula is C10H6F3N3O. The average molecular weight is 241 g/mol. The molecule has 4 nitrogen and oxygen atoms in total. The Bertz CT molecular complexity index is 530. The van der Waals surface area contributed by atoms with Crippen LogP contribution in [0.25, 0.3) is 11.3 Å². The summed E-state index contributed by atoms with van der Waals surface area (Å²) in [6.45, 7) is 0. The molecule has 0 aliphatic carbocycles. The second-order valence-electron chi connectivity index (χ2n) is 3.25. The van der Waals surface area contributed by atoms with Crippen LogP contribution in [0.1, 0.15) is 16.1 Å². The lowest BCUT2D eigenvalue weighted by atomic mass is 10.1. The number of rotatable bonds is 2. The fourth-order valence-electron chi connectivity index (χ4n) is 1.35. The number of carbonyl (C=O) groups excluding carboxylic acids is 1. The van der Waals surface area contributed by atoms with Gasteiger partial charge in [0, 0.05) is 5.56 Å². The Kier molecular flexibility index (Phi) is 2.66. The zero-order valence-corrected chi connectivity index (χ0v) is 8.32. The van der Waals surface area contributed by atoms with Crippen LogP contribution >= 0.6 is 0 Å². The predicted molar refractivity (Wildman–Crippen MR) is 52.2 cm³/mol. The average Bonchev–Trinajstić information content (AvgIpc) is 2.76. The van der Waals surface area contributed by atoms with E-state index in [-0.39, 0.29) is 11.4 Å². The van der Waals surface area contributed by atoms with Crippen LogP contribution in [0.3, 0.4) is 0 Å². The van der Waals surface area contributed by atoms with Crippen LogP contribution in [0.15, 0.2) is 24.3 Å². The van der Waals surface area contributed by atoms with Gasteiger partial charge in [0.05, 0.1) is 5.56 Å². The first-order valence-electron chi connectivity index (χ1n) is 4.56. The summed E-state index contributed by atoms with van der Waals surface area (Å²) >= 11 is 0. The zero-order valence-electron chi connectivity index (χ0n) is 8.32. The number of H-pyrrole nitrogens is 1. The quantitative estimate of drug-likeness (QED) is 0.820. The maximum absolute atomic E-state index is 12.3. The molecule has 2 rings (SSSR count). The zero-order chi connectivity index (χ0) is 12.5. The minimum absolute atomic E-state index is 0.0600. The van der Waals surface area contributed by atoms with Crippen molar-refractivity contribution in [2.75, 3.05) is 0 Å². The van der Waals surface area contributed by atoms with E-state index in [1.165, 1.54) is 12.1 Å². The van der Waals surface area contributed by atoms with Gasteiger partial charge in [0.1, 0.15) is 5.69 Å². The molecule has 0 aliphatic heterocycles.